The number of halogens is 1. The summed E-state index contributed by atoms with van der Waals surface area (Å²) in [5.74, 6) is -2.46. The molecule has 0 radical (unpaired) electrons. The third-order valence-corrected chi connectivity index (χ3v) is 4.60. The number of carbonyl (C=O) groups is 2. The third kappa shape index (κ3) is 2.95. The Morgan fingerprint density at radius 3 is 2.36 bits per heavy atom. The van der Waals surface area contributed by atoms with E-state index in [1.54, 1.807) is 48.5 Å². The Morgan fingerprint density at radius 2 is 1.68 bits per heavy atom. The first-order valence-electron chi connectivity index (χ1n) is 8.60. The second-order valence-corrected chi connectivity index (χ2v) is 6.30. The molecule has 0 aliphatic carbocycles. The molecule has 5 nitrogen and oxygen atoms in total. The van der Waals surface area contributed by atoms with Gasteiger partial charge in [-0.15, -0.1) is 0 Å². The molecule has 0 bridgehead atoms. The summed E-state index contributed by atoms with van der Waals surface area (Å²) in [5, 5.41) is 10.8. The predicted molar refractivity (Wildman–Crippen MR) is 102 cm³/mol. The van der Waals surface area contributed by atoms with Crippen LogP contribution in [0.25, 0.3) is 5.76 Å². The summed E-state index contributed by atoms with van der Waals surface area (Å²) >= 11 is 0. The number of aliphatic hydroxyl groups excluding tert-OH is 1. The van der Waals surface area contributed by atoms with Crippen LogP contribution in [0.5, 0.6) is 0 Å². The number of aromatic nitrogens is 1. The van der Waals surface area contributed by atoms with E-state index >= 15 is 0 Å². The van der Waals surface area contributed by atoms with Gasteiger partial charge in [0.05, 0.1) is 11.6 Å². The molecule has 0 spiro atoms. The van der Waals surface area contributed by atoms with Gasteiger partial charge in [0.25, 0.3) is 11.7 Å². The monoisotopic (exact) mass is 374 g/mol. The molecule has 6 heteroatoms. The van der Waals surface area contributed by atoms with E-state index in [1.807, 2.05) is 0 Å². The van der Waals surface area contributed by atoms with Crippen molar-refractivity contribution in [2.24, 2.45) is 0 Å². The average molecular weight is 374 g/mol. The first-order chi connectivity index (χ1) is 13.6. The van der Waals surface area contributed by atoms with Crippen molar-refractivity contribution in [2.45, 2.75) is 6.04 Å². The van der Waals surface area contributed by atoms with Crippen LogP contribution in [0.1, 0.15) is 17.2 Å². The minimum absolute atomic E-state index is 0.0494. The fraction of sp³-hybridized carbons (Fsp3) is 0.0455. The number of anilines is 1. The van der Waals surface area contributed by atoms with Gasteiger partial charge in [-0.1, -0.05) is 36.4 Å². The number of nitrogens with zero attached hydrogens (tertiary/aromatic N) is 2. The van der Waals surface area contributed by atoms with Gasteiger partial charge in [-0.25, -0.2) is 4.39 Å². The van der Waals surface area contributed by atoms with Gasteiger partial charge in [0.2, 0.25) is 0 Å². The summed E-state index contributed by atoms with van der Waals surface area (Å²) in [7, 11) is 0. The van der Waals surface area contributed by atoms with Gasteiger partial charge in [-0.2, -0.15) is 0 Å². The van der Waals surface area contributed by atoms with Crippen molar-refractivity contribution in [1.29, 1.82) is 0 Å². The lowest BCUT2D eigenvalue weighted by molar-refractivity contribution is -0.132. The lowest BCUT2D eigenvalue weighted by atomic mass is 9.96. The lowest BCUT2D eigenvalue weighted by Crippen LogP contribution is -2.29. The summed E-state index contributed by atoms with van der Waals surface area (Å²) in [6, 6.07) is 16.4. The molecule has 138 valence electrons. The number of hydrogen-bond acceptors (Lipinski definition) is 4. The molecule has 1 aliphatic heterocycles. The van der Waals surface area contributed by atoms with Crippen LogP contribution in [0.15, 0.2) is 84.7 Å². The van der Waals surface area contributed by atoms with E-state index in [4.69, 9.17) is 0 Å². The summed E-state index contributed by atoms with van der Waals surface area (Å²) in [4.78, 5) is 30.9. The number of pyridine rings is 1. The second-order valence-electron chi connectivity index (χ2n) is 6.30. The molecular formula is C22H15FN2O3. The van der Waals surface area contributed by atoms with Gasteiger partial charge in [0, 0.05) is 23.6 Å². The SMILES string of the molecule is O=C1C(=O)N(c2cccc(F)c2)C(c2ccncc2)/C1=C(\O)c1ccccc1. The molecular weight excluding hydrogens is 359 g/mol. The van der Waals surface area contributed by atoms with Crippen LogP contribution in [-0.4, -0.2) is 21.8 Å². The highest BCUT2D eigenvalue weighted by molar-refractivity contribution is 6.51. The van der Waals surface area contributed by atoms with Crippen LogP contribution < -0.4 is 4.90 Å². The molecule has 2 heterocycles. The topological polar surface area (TPSA) is 70.5 Å². The van der Waals surface area contributed by atoms with E-state index in [0.717, 1.165) is 0 Å². The van der Waals surface area contributed by atoms with Crippen molar-refractivity contribution in [3.05, 3.63) is 102 Å². The Labute approximate surface area is 160 Å². The van der Waals surface area contributed by atoms with Gasteiger partial charge < -0.3 is 5.11 Å². The van der Waals surface area contributed by atoms with Gasteiger partial charge in [0.15, 0.2) is 0 Å². The van der Waals surface area contributed by atoms with E-state index in [-0.39, 0.29) is 17.0 Å². The molecule has 0 saturated carbocycles. The quantitative estimate of drug-likeness (QED) is 0.430. The zero-order valence-corrected chi connectivity index (χ0v) is 14.6. The first-order valence-corrected chi connectivity index (χ1v) is 8.60. The first kappa shape index (κ1) is 17.6. The molecule has 1 N–H and O–H groups in total. The second kappa shape index (κ2) is 7.08. The van der Waals surface area contributed by atoms with Crippen LogP contribution >= 0.6 is 0 Å². The Hall–Kier alpha value is -3.80. The summed E-state index contributed by atoms with van der Waals surface area (Å²) in [5.41, 5.74) is 1.18. The summed E-state index contributed by atoms with van der Waals surface area (Å²) in [6.07, 6.45) is 3.06. The Bertz CT molecular complexity index is 1080. The largest absolute Gasteiger partial charge is 0.507 e. The van der Waals surface area contributed by atoms with E-state index in [0.29, 0.717) is 11.1 Å². The number of amides is 1. The fourth-order valence-electron chi connectivity index (χ4n) is 3.34. The van der Waals surface area contributed by atoms with E-state index < -0.39 is 23.5 Å². The maximum Gasteiger partial charge on any atom is 0.300 e. The number of carbonyl (C=O) groups excluding carboxylic acids is 2. The number of ketones is 1. The molecule has 28 heavy (non-hydrogen) atoms. The standard InChI is InChI=1S/C22H15FN2O3/c23-16-7-4-8-17(13-16)25-19(14-9-11-24-12-10-14)18(21(27)22(25)28)20(26)15-5-2-1-3-6-15/h1-13,19,26H/b20-18+. The van der Waals surface area contributed by atoms with E-state index in [1.165, 1.54) is 35.5 Å². The molecule has 2 aromatic carbocycles. The Balaban J connectivity index is 1.95. The number of Topliss-reactive ketones (excluding diaryl/α,β-unsaturated/α-hetero) is 1. The van der Waals surface area contributed by atoms with Gasteiger partial charge >= 0.3 is 0 Å². The Kier molecular flexibility index (Phi) is 4.45. The van der Waals surface area contributed by atoms with E-state index in [9.17, 15) is 19.1 Å². The minimum atomic E-state index is -0.898. The third-order valence-electron chi connectivity index (χ3n) is 4.60. The van der Waals surface area contributed by atoms with Crippen molar-refractivity contribution in [1.82, 2.24) is 4.98 Å². The number of aliphatic hydroxyl groups is 1. The lowest BCUT2D eigenvalue weighted by Gasteiger charge is -2.25. The van der Waals surface area contributed by atoms with Crippen LogP contribution in [0.2, 0.25) is 0 Å². The molecule has 1 atom stereocenters. The molecule has 1 saturated heterocycles. The predicted octanol–water partition coefficient (Wildman–Crippen LogP) is 3.85. The van der Waals surface area contributed by atoms with E-state index in [2.05, 4.69) is 4.98 Å². The minimum Gasteiger partial charge on any atom is -0.507 e. The van der Waals surface area contributed by atoms with Crippen LogP contribution in [-0.2, 0) is 9.59 Å². The summed E-state index contributed by atoms with van der Waals surface area (Å²) in [6.45, 7) is 0. The average Bonchev–Trinajstić information content (AvgIpc) is 3.00. The van der Waals surface area contributed by atoms with Crippen molar-refractivity contribution in [3.63, 3.8) is 0 Å². The summed E-state index contributed by atoms with van der Waals surface area (Å²) < 4.78 is 13.8. The Morgan fingerprint density at radius 1 is 0.964 bits per heavy atom. The molecule has 1 fully saturated rings. The smallest absolute Gasteiger partial charge is 0.300 e. The van der Waals surface area contributed by atoms with Crippen LogP contribution in [0.3, 0.4) is 0 Å². The van der Waals surface area contributed by atoms with Crippen molar-refractivity contribution >= 4 is 23.1 Å². The molecule has 1 aliphatic rings. The van der Waals surface area contributed by atoms with Crippen molar-refractivity contribution < 1.29 is 19.1 Å². The highest BCUT2D eigenvalue weighted by atomic mass is 19.1. The van der Waals surface area contributed by atoms with Crippen LogP contribution in [0.4, 0.5) is 10.1 Å². The fourth-order valence-corrected chi connectivity index (χ4v) is 3.34. The van der Waals surface area contributed by atoms with Gasteiger partial charge in [0.1, 0.15) is 11.6 Å². The van der Waals surface area contributed by atoms with Gasteiger partial charge in [-0.05, 0) is 35.9 Å². The molecule has 4 rings (SSSR count). The molecule has 1 amide bonds. The molecule has 1 unspecified atom stereocenters. The van der Waals surface area contributed by atoms with Crippen molar-refractivity contribution in [3.8, 4) is 0 Å². The number of hydrogen-bond donors (Lipinski definition) is 1. The highest BCUT2D eigenvalue weighted by Crippen LogP contribution is 2.41. The zero-order valence-electron chi connectivity index (χ0n) is 14.6. The maximum absolute atomic E-state index is 13.8. The van der Waals surface area contributed by atoms with Crippen molar-refractivity contribution in [2.75, 3.05) is 4.90 Å². The van der Waals surface area contributed by atoms with Gasteiger partial charge in [-0.3, -0.25) is 19.5 Å². The normalized spacial score (nSPS) is 18.5. The number of rotatable bonds is 3. The number of benzene rings is 2. The molecule has 3 aromatic rings. The zero-order chi connectivity index (χ0) is 19.7. The molecule has 1 aromatic heterocycles. The highest BCUT2D eigenvalue weighted by Gasteiger charge is 2.47. The van der Waals surface area contributed by atoms with Crippen LogP contribution in [0, 0.1) is 5.82 Å². The maximum atomic E-state index is 13.8.